The first kappa shape index (κ1) is 29.7. The molecule has 2 rings (SSSR count). The highest BCUT2D eigenvalue weighted by Crippen LogP contribution is 2.25. The van der Waals surface area contributed by atoms with E-state index >= 15 is 0 Å². The molecule has 2 amide bonds. The maximum atomic E-state index is 13.3. The SMILES string of the molecule is COc1ccc(N(CCCC(=O)N(Cc2ccc(Cl)c(Cl)c2)[C@H](C)C(=O)NC(C)C)S(C)(=O)=O)cc1. The van der Waals surface area contributed by atoms with E-state index in [1.165, 1.54) is 16.3 Å². The molecule has 0 spiro atoms. The Bertz CT molecular complexity index is 1160. The van der Waals surface area contributed by atoms with E-state index in [0.717, 1.165) is 11.8 Å². The van der Waals surface area contributed by atoms with Gasteiger partial charge < -0.3 is 15.0 Å². The fourth-order valence-electron chi connectivity index (χ4n) is 3.57. The number of carbonyl (C=O) groups excluding carboxylic acids is 2. The van der Waals surface area contributed by atoms with E-state index in [4.69, 9.17) is 27.9 Å². The number of nitrogens with one attached hydrogen (secondary N) is 1. The molecule has 0 aromatic heterocycles. The van der Waals surface area contributed by atoms with Crippen molar-refractivity contribution in [3.8, 4) is 5.75 Å². The lowest BCUT2D eigenvalue weighted by atomic mass is 10.1. The summed E-state index contributed by atoms with van der Waals surface area (Å²) in [4.78, 5) is 27.5. The lowest BCUT2D eigenvalue weighted by molar-refractivity contribution is -0.140. The molecule has 0 bridgehead atoms. The minimum absolute atomic E-state index is 0.0444. The standard InChI is InChI=1S/C25H33Cl2N3O5S/c1-17(2)28-25(32)18(3)29(16-19-8-13-22(26)23(27)15-19)24(31)7-6-14-30(36(5,33)34)20-9-11-21(35-4)12-10-20/h8-13,15,17-18H,6-7,14,16H2,1-5H3,(H,28,32)/t18-/m1/s1. The summed E-state index contributed by atoms with van der Waals surface area (Å²) in [7, 11) is -2.05. The number of ether oxygens (including phenoxy) is 1. The van der Waals surface area contributed by atoms with Gasteiger partial charge in [-0.2, -0.15) is 0 Å². The number of halogens is 2. The maximum Gasteiger partial charge on any atom is 0.242 e. The third-order valence-electron chi connectivity index (χ3n) is 5.45. The normalized spacial score (nSPS) is 12.2. The smallest absolute Gasteiger partial charge is 0.242 e. The third kappa shape index (κ3) is 8.57. The van der Waals surface area contributed by atoms with Crippen LogP contribution < -0.4 is 14.4 Å². The van der Waals surface area contributed by atoms with E-state index in [1.54, 1.807) is 49.4 Å². The predicted molar refractivity (Wildman–Crippen MR) is 144 cm³/mol. The molecule has 0 fully saturated rings. The fourth-order valence-corrected chi connectivity index (χ4v) is 4.86. The van der Waals surface area contributed by atoms with Crippen LogP contribution >= 0.6 is 23.2 Å². The predicted octanol–water partition coefficient (Wildman–Crippen LogP) is 4.49. The molecule has 1 atom stereocenters. The van der Waals surface area contributed by atoms with E-state index in [9.17, 15) is 18.0 Å². The maximum absolute atomic E-state index is 13.3. The molecule has 1 N–H and O–H groups in total. The Morgan fingerprint density at radius 3 is 2.19 bits per heavy atom. The van der Waals surface area contributed by atoms with Crippen molar-refractivity contribution >= 4 is 50.7 Å². The number of nitrogens with zero attached hydrogens (tertiary/aromatic N) is 2. The molecule has 11 heteroatoms. The van der Waals surface area contributed by atoms with Crippen LogP contribution in [0.4, 0.5) is 5.69 Å². The average Bonchev–Trinajstić information content (AvgIpc) is 2.80. The Kier molecular flexibility index (Phi) is 10.9. The van der Waals surface area contributed by atoms with Crippen molar-refractivity contribution in [1.82, 2.24) is 10.2 Å². The quantitative estimate of drug-likeness (QED) is 0.414. The van der Waals surface area contributed by atoms with Gasteiger partial charge in [-0.1, -0.05) is 29.3 Å². The van der Waals surface area contributed by atoms with Gasteiger partial charge in [0.2, 0.25) is 21.8 Å². The number of hydrogen-bond donors (Lipinski definition) is 1. The third-order valence-corrected chi connectivity index (χ3v) is 7.38. The second kappa shape index (κ2) is 13.2. The van der Waals surface area contributed by atoms with Crippen molar-refractivity contribution in [3.05, 3.63) is 58.1 Å². The van der Waals surface area contributed by atoms with Crippen molar-refractivity contribution in [3.63, 3.8) is 0 Å². The molecular weight excluding hydrogens is 525 g/mol. The van der Waals surface area contributed by atoms with Crippen molar-refractivity contribution in [2.75, 3.05) is 24.2 Å². The summed E-state index contributed by atoms with van der Waals surface area (Å²) < 4.78 is 31.2. The molecule has 2 aromatic carbocycles. The summed E-state index contributed by atoms with van der Waals surface area (Å²) in [5, 5.41) is 3.57. The minimum Gasteiger partial charge on any atom is -0.497 e. The van der Waals surface area contributed by atoms with Crippen LogP contribution in [0.5, 0.6) is 5.75 Å². The Balaban J connectivity index is 2.19. The summed E-state index contributed by atoms with van der Waals surface area (Å²) in [6, 6.07) is 10.9. The van der Waals surface area contributed by atoms with Crippen LogP contribution in [0.3, 0.4) is 0 Å². The van der Waals surface area contributed by atoms with Gasteiger partial charge in [0.1, 0.15) is 11.8 Å². The number of amides is 2. The molecule has 0 aliphatic rings. The van der Waals surface area contributed by atoms with Gasteiger partial charge in [-0.15, -0.1) is 0 Å². The molecule has 0 unspecified atom stereocenters. The summed E-state index contributed by atoms with van der Waals surface area (Å²) in [5.41, 5.74) is 1.20. The zero-order valence-corrected chi connectivity index (χ0v) is 23.5. The van der Waals surface area contributed by atoms with Crippen LogP contribution in [-0.2, 0) is 26.2 Å². The molecule has 2 aromatic rings. The highest BCUT2D eigenvalue weighted by molar-refractivity contribution is 7.92. The molecule has 0 saturated carbocycles. The van der Waals surface area contributed by atoms with Crippen molar-refractivity contribution in [2.45, 2.75) is 52.2 Å². The Morgan fingerprint density at radius 2 is 1.67 bits per heavy atom. The Labute approximate surface area is 223 Å². The molecular formula is C25H33Cl2N3O5S. The van der Waals surface area contributed by atoms with E-state index in [0.29, 0.717) is 21.5 Å². The summed E-state index contributed by atoms with van der Waals surface area (Å²) in [6.07, 6.45) is 1.42. The van der Waals surface area contributed by atoms with E-state index in [-0.39, 0.29) is 43.8 Å². The second-order valence-electron chi connectivity index (χ2n) is 8.75. The molecule has 0 radical (unpaired) electrons. The van der Waals surface area contributed by atoms with E-state index in [1.807, 2.05) is 13.8 Å². The van der Waals surface area contributed by atoms with Gasteiger partial charge in [-0.25, -0.2) is 8.42 Å². The van der Waals surface area contributed by atoms with Gasteiger partial charge >= 0.3 is 0 Å². The first-order valence-corrected chi connectivity index (χ1v) is 14.1. The first-order valence-electron chi connectivity index (χ1n) is 11.5. The van der Waals surface area contributed by atoms with Gasteiger partial charge in [0.25, 0.3) is 0 Å². The van der Waals surface area contributed by atoms with Crippen LogP contribution in [0.1, 0.15) is 39.2 Å². The summed E-state index contributed by atoms with van der Waals surface area (Å²) in [6.45, 7) is 5.59. The molecule has 36 heavy (non-hydrogen) atoms. The van der Waals surface area contributed by atoms with Crippen LogP contribution in [-0.4, -0.2) is 57.1 Å². The fraction of sp³-hybridized carbons (Fsp3) is 0.440. The highest BCUT2D eigenvalue weighted by Gasteiger charge is 2.27. The Morgan fingerprint density at radius 1 is 1.03 bits per heavy atom. The zero-order chi connectivity index (χ0) is 27.0. The molecule has 0 aliphatic heterocycles. The van der Waals surface area contributed by atoms with Crippen LogP contribution in [0.2, 0.25) is 10.0 Å². The number of hydrogen-bond acceptors (Lipinski definition) is 5. The summed E-state index contributed by atoms with van der Waals surface area (Å²) >= 11 is 12.2. The van der Waals surface area contributed by atoms with Gasteiger partial charge in [-0.3, -0.25) is 13.9 Å². The van der Waals surface area contributed by atoms with Crippen molar-refractivity contribution < 1.29 is 22.7 Å². The first-order chi connectivity index (χ1) is 16.8. The highest BCUT2D eigenvalue weighted by atomic mass is 35.5. The van der Waals surface area contributed by atoms with Crippen molar-refractivity contribution in [1.29, 1.82) is 0 Å². The van der Waals surface area contributed by atoms with Crippen molar-refractivity contribution in [2.24, 2.45) is 0 Å². The lowest BCUT2D eigenvalue weighted by Gasteiger charge is -2.30. The molecule has 0 aliphatic carbocycles. The molecule has 0 heterocycles. The van der Waals surface area contributed by atoms with Crippen LogP contribution in [0.15, 0.2) is 42.5 Å². The van der Waals surface area contributed by atoms with Crippen LogP contribution in [0.25, 0.3) is 0 Å². The topological polar surface area (TPSA) is 96.0 Å². The van der Waals surface area contributed by atoms with Crippen LogP contribution in [0, 0.1) is 0 Å². The number of rotatable bonds is 12. The number of benzene rings is 2. The number of anilines is 1. The van der Waals surface area contributed by atoms with Gasteiger partial charge in [-0.05, 0) is 69.2 Å². The summed E-state index contributed by atoms with van der Waals surface area (Å²) in [5.74, 6) is 0.0408. The number of carbonyl (C=O) groups is 2. The van der Waals surface area contributed by atoms with Gasteiger partial charge in [0, 0.05) is 25.6 Å². The second-order valence-corrected chi connectivity index (χ2v) is 11.5. The monoisotopic (exact) mass is 557 g/mol. The zero-order valence-electron chi connectivity index (χ0n) is 21.1. The number of sulfonamides is 1. The number of methoxy groups -OCH3 is 1. The average molecular weight is 559 g/mol. The largest absolute Gasteiger partial charge is 0.497 e. The van der Waals surface area contributed by atoms with Gasteiger partial charge in [0.05, 0.1) is 29.1 Å². The molecule has 8 nitrogen and oxygen atoms in total. The lowest BCUT2D eigenvalue weighted by Crippen LogP contribution is -2.49. The van der Waals surface area contributed by atoms with E-state index < -0.39 is 16.1 Å². The molecule has 198 valence electrons. The molecule has 0 saturated heterocycles. The van der Waals surface area contributed by atoms with E-state index in [2.05, 4.69) is 5.32 Å². The van der Waals surface area contributed by atoms with Gasteiger partial charge in [0.15, 0.2) is 0 Å². The Hall–Kier alpha value is -2.49. The minimum atomic E-state index is -3.58.